The summed E-state index contributed by atoms with van der Waals surface area (Å²) in [4.78, 5) is 37.7. The summed E-state index contributed by atoms with van der Waals surface area (Å²) >= 11 is 0. The number of carbonyl (C=O) groups is 3. The average molecular weight is 412 g/mol. The molecule has 0 radical (unpaired) electrons. The molecule has 160 valence electrons. The number of rotatable bonds is 7. The van der Waals surface area contributed by atoms with E-state index >= 15 is 0 Å². The zero-order chi connectivity index (χ0) is 22.3. The highest BCUT2D eigenvalue weighted by atomic mass is 16.5. The molecule has 2 rings (SSSR count). The molecule has 0 saturated carbocycles. The minimum atomic E-state index is -1.05. The summed E-state index contributed by atoms with van der Waals surface area (Å²) in [6.07, 6.45) is 0. The smallest absolute Gasteiger partial charge is 0.333 e. The van der Waals surface area contributed by atoms with Crippen LogP contribution in [0.1, 0.15) is 49.7 Å². The van der Waals surface area contributed by atoms with E-state index in [1.807, 2.05) is 0 Å². The Balaban J connectivity index is 2.40. The Morgan fingerprint density at radius 2 is 1.70 bits per heavy atom. The van der Waals surface area contributed by atoms with E-state index in [0.717, 1.165) is 0 Å². The summed E-state index contributed by atoms with van der Waals surface area (Å²) < 4.78 is 10.5. The Kier molecular flexibility index (Phi) is 7.58. The number of nitrogens with one attached hydrogen (secondary N) is 2. The fourth-order valence-electron chi connectivity index (χ4n) is 2.62. The number of ether oxygens (including phenoxy) is 2. The maximum absolute atomic E-state index is 12.6. The van der Waals surface area contributed by atoms with Gasteiger partial charge in [-0.15, -0.1) is 0 Å². The Morgan fingerprint density at radius 1 is 1.03 bits per heavy atom. The van der Waals surface area contributed by atoms with Crippen molar-refractivity contribution in [2.24, 2.45) is 5.41 Å². The lowest BCUT2D eigenvalue weighted by molar-refractivity contribution is -0.145. The van der Waals surface area contributed by atoms with Crippen LogP contribution in [0.2, 0.25) is 0 Å². The largest absolute Gasteiger partial charge is 0.495 e. The summed E-state index contributed by atoms with van der Waals surface area (Å²) in [7, 11) is 1.49. The van der Waals surface area contributed by atoms with Crippen LogP contribution in [0.5, 0.6) is 5.75 Å². The predicted octanol–water partition coefficient (Wildman–Crippen LogP) is 3.71. The molecule has 0 spiro atoms. The van der Waals surface area contributed by atoms with Crippen molar-refractivity contribution in [3.8, 4) is 5.75 Å². The first-order valence-corrected chi connectivity index (χ1v) is 9.69. The molecule has 7 nitrogen and oxygen atoms in total. The zero-order valence-electron chi connectivity index (χ0n) is 17.9. The molecule has 1 atom stereocenters. The summed E-state index contributed by atoms with van der Waals surface area (Å²) in [6, 6.07) is 12.4. The molecule has 0 fully saturated rings. The molecule has 2 aromatic carbocycles. The standard InChI is InChI=1S/C23H28N2O5/c1-6-30-21(27)19(25-20(26)15-10-8-7-9-11-15)16-12-13-18(29-5)17(14-16)24-22(28)23(2,3)4/h7-14,19H,6H2,1-5H3,(H,24,28)(H,25,26). The molecular weight excluding hydrogens is 384 g/mol. The lowest BCUT2D eigenvalue weighted by Gasteiger charge is -2.22. The highest BCUT2D eigenvalue weighted by Crippen LogP contribution is 2.30. The Morgan fingerprint density at radius 3 is 2.27 bits per heavy atom. The number of anilines is 1. The summed E-state index contributed by atoms with van der Waals surface area (Å²) in [5.74, 6) is -0.780. The minimum absolute atomic E-state index is 0.167. The molecule has 0 aliphatic rings. The molecule has 0 saturated heterocycles. The van der Waals surface area contributed by atoms with Crippen LogP contribution in [0.4, 0.5) is 5.69 Å². The van der Waals surface area contributed by atoms with E-state index in [9.17, 15) is 14.4 Å². The molecular formula is C23H28N2O5. The maximum Gasteiger partial charge on any atom is 0.333 e. The highest BCUT2D eigenvalue weighted by molar-refractivity contribution is 5.98. The Hall–Kier alpha value is -3.35. The van der Waals surface area contributed by atoms with Crippen LogP contribution < -0.4 is 15.4 Å². The molecule has 0 heterocycles. The number of hydrogen-bond acceptors (Lipinski definition) is 5. The van der Waals surface area contributed by atoms with Gasteiger partial charge in [-0.2, -0.15) is 0 Å². The third-order valence-electron chi connectivity index (χ3n) is 4.32. The Labute approximate surface area is 176 Å². The van der Waals surface area contributed by atoms with Crippen molar-refractivity contribution in [2.45, 2.75) is 33.7 Å². The SMILES string of the molecule is CCOC(=O)C(NC(=O)c1ccccc1)c1ccc(OC)c(NC(=O)C(C)(C)C)c1. The van der Waals surface area contributed by atoms with Gasteiger partial charge in [0.15, 0.2) is 6.04 Å². The molecule has 2 N–H and O–H groups in total. The van der Waals surface area contributed by atoms with Gasteiger partial charge in [0.1, 0.15) is 5.75 Å². The van der Waals surface area contributed by atoms with Crippen LogP contribution in [-0.2, 0) is 14.3 Å². The van der Waals surface area contributed by atoms with Crippen molar-refractivity contribution in [1.82, 2.24) is 5.32 Å². The van der Waals surface area contributed by atoms with Crippen molar-refractivity contribution < 1.29 is 23.9 Å². The highest BCUT2D eigenvalue weighted by Gasteiger charge is 2.27. The van der Waals surface area contributed by atoms with E-state index < -0.39 is 23.3 Å². The molecule has 0 bridgehead atoms. The van der Waals surface area contributed by atoms with Gasteiger partial charge in [-0.25, -0.2) is 4.79 Å². The third kappa shape index (κ3) is 5.83. The monoisotopic (exact) mass is 412 g/mol. The minimum Gasteiger partial charge on any atom is -0.495 e. The van der Waals surface area contributed by atoms with Gasteiger partial charge in [-0.1, -0.05) is 45.0 Å². The normalized spacial score (nSPS) is 11.9. The molecule has 2 aromatic rings. The number of hydrogen-bond donors (Lipinski definition) is 2. The van der Waals surface area contributed by atoms with Crippen molar-refractivity contribution in [3.05, 3.63) is 59.7 Å². The van der Waals surface area contributed by atoms with Gasteiger partial charge in [-0.3, -0.25) is 9.59 Å². The molecule has 30 heavy (non-hydrogen) atoms. The quantitative estimate of drug-likeness (QED) is 0.676. The number of carbonyl (C=O) groups excluding carboxylic acids is 3. The fraction of sp³-hybridized carbons (Fsp3) is 0.348. The molecule has 7 heteroatoms. The van der Waals surface area contributed by atoms with Gasteiger partial charge >= 0.3 is 5.97 Å². The van der Waals surface area contributed by atoms with Gasteiger partial charge < -0.3 is 20.1 Å². The van der Waals surface area contributed by atoms with Gasteiger partial charge in [-0.05, 0) is 36.8 Å². The second-order valence-electron chi connectivity index (χ2n) is 7.69. The van der Waals surface area contributed by atoms with E-state index in [4.69, 9.17) is 9.47 Å². The first-order chi connectivity index (χ1) is 14.2. The molecule has 0 aromatic heterocycles. The maximum atomic E-state index is 12.6. The van der Waals surface area contributed by atoms with Gasteiger partial charge in [0, 0.05) is 11.0 Å². The van der Waals surface area contributed by atoms with Gasteiger partial charge in [0.2, 0.25) is 5.91 Å². The van der Waals surface area contributed by atoms with Crippen LogP contribution in [-0.4, -0.2) is 31.5 Å². The third-order valence-corrected chi connectivity index (χ3v) is 4.32. The van der Waals surface area contributed by atoms with Crippen molar-refractivity contribution in [2.75, 3.05) is 19.0 Å². The average Bonchev–Trinajstić information content (AvgIpc) is 2.71. The topological polar surface area (TPSA) is 93.7 Å². The summed E-state index contributed by atoms with van der Waals surface area (Å²) in [6.45, 7) is 7.23. The number of benzene rings is 2. The van der Waals surface area contributed by atoms with E-state index in [1.165, 1.54) is 7.11 Å². The van der Waals surface area contributed by atoms with Crippen LogP contribution in [0.15, 0.2) is 48.5 Å². The summed E-state index contributed by atoms with van der Waals surface area (Å²) in [5, 5.41) is 5.54. The fourth-order valence-corrected chi connectivity index (χ4v) is 2.62. The number of methoxy groups -OCH3 is 1. The number of amides is 2. The van der Waals surface area contributed by atoms with E-state index in [-0.39, 0.29) is 12.5 Å². The second-order valence-corrected chi connectivity index (χ2v) is 7.69. The summed E-state index contributed by atoms with van der Waals surface area (Å²) in [5.41, 5.74) is 0.658. The zero-order valence-corrected chi connectivity index (χ0v) is 17.9. The molecule has 1 unspecified atom stereocenters. The van der Waals surface area contributed by atoms with Crippen molar-refractivity contribution in [3.63, 3.8) is 0 Å². The van der Waals surface area contributed by atoms with E-state index in [0.29, 0.717) is 22.6 Å². The lowest BCUT2D eigenvalue weighted by Crippen LogP contribution is -2.35. The molecule has 2 amide bonds. The van der Waals surface area contributed by atoms with Gasteiger partial charge in [0.05, 0.1) is 19.4 Å². The van der Waals surface area contributed by atoms with Crippen molar-refractivity contribution in [1.29, 1.82) is 0 Å². The van der Waals surface area contributed by atoms with Crippen LogP contribution >= 0.6 is 0 Å². The predicted molar refractivity (Wildman–Crippen MR) is 114 cm³/mol. The van der Waals surface area contributed by atoms with E-state index in [1.54, 1.807) is 76.2 Å². The van der Waals surface area contributed by atoms with Crippen molar-refractivity contribution >= 4 is 23.5 Å². The van der Waals surface area contributed by atoms with E-state index in [2.05, 4.69) is 10.6 Å². The van der Waals surface area contributed by atoms with Crippen LogP contribution in [0, 0.1) is 5.41 Å². The molecule has 0 aliphatic heterocycles. The van der Waals surface area contributed by atoms with Crippen LogP contribution in [0.3, 0.4) is 0 Å². The number of esters is 1. The Bertz CT molecular complexity index is 904. The lowest BCUT2D eigenvalue weighted by atomic mass is 9.95. The van der Waals surface area contributed by atoms with Crippen LogP contribution in [0.25, 0.3) is 0 Å². The first kappa shape index (κ1) is 22.9. The first-order valence-electron chi connectivity index (χ1n) is 9.69. The second kappa shape index (κ2) is 9.91. The van der Waals surface area contributed by atoms with Gasteiger partial charge in [0.25, 0.3) is 5.91 Å². The molecule has 0 aliphatic carbocycles.